The second-order valence-electron chi connectivity index (χ2n) is 6.56. The van der Waals surface area contributed by atoms with Crippen molar-refractivity contribution in [2.24, 2.45) is 0 Å². The molecule has 0 aromatic carbocycles. The van der Waals surface area contributed by atoms with E-state index in [0.717, 1.165) is 0 Å². The maximum absolute atomic E-state index is 11.6. The molecule has 2 aliphatic rings. The minimum atomic E-state index is -1.75. The summed E-state index contributed by atoms with van der Waals surface area (Å²) < 4.78 is 20.6. The van der Waals surface area contributed by atoms with Crippen LogP contribution < -0.4 is 5.32 Å². The van der Waals surface area contributed by atoms with Gasteiger partial charge in [-0.3, -0.25) is 4.79 Å². The van der Waals surface area contributed by atoms with Gasteiger partial charge in [-0.2, -0.15) is 0 Å². The highest BCUT2D eigenvalue weighted by molar-refractivity contribution is 5.77. The van der Waals surface area contributed by atoms with E-state index in [9.17, 15) is 40.5 Å². The maximum atomic E-state index is 11.6. The van der Waals surface area contributed by atoms with Gasteiger partial charge in [0.15, 0.2) is 12.5 Å². The Morgan fingerprint density at radius 1 is 0.893 bits per heavy atom. The lowest BCUT2D eigenvalue weighted by atomic mass is 9.96. The Morgan fingerprint density at radius 3 is 2.11 bits per heavy atom. The Kier molecular flexibility index (Phi) is 8.47. The lowest BCUT2D eigenvalue weighted by Crippen LogP contribution is -2.66. The molecule has 13 heteroatoms. The molecule has 10 atom stereocenters. The highest BCUT2D eigenvalue weighted by atomic mass is 16.7. The molecule has 0 aromatic heterocycles. The third kappa shape index (κ3) is 4.95. The molecule has 0 saturated carbocycles. The number of rotatable bonds is 7. The van der Waals surface area contributed by atoms with Gasteiger partial charge in [0.1, 0.15) is 55.4 Å². The number of methoxy groups -OCH3 is 1. The van der Waals surface area contributed by atoms with Crippen LogP contribution in [-0.4, -0.2) is 130 Å². The number of aliphatic hydroxyl groups is 7. The molecular weight excluding hydrogens is 386 g/mol. The van der Waals surface area contributed by atoms with E-state index in [1.54, 1.807) is 0 Å². The monoisotopic (exact) mass is 413 g/mol. The molecule has 2 fully saturated rings. The summed E-state index contributed by atoms with van der Waals surface area (Å²) in [7, 11) is 1.29. The van der Waals surface area contributed by atoms with E-state index in [-0.39, 0.29) is 6.61 Å². The van der Waals surface area contributed by atoms with E-state index < -0.39 is 80.5 Å². The lowest BCUT2D eigenvalue weighted by Gasteiger charge is -2.46. The first-order valence-corrected chi connectivity index (χ1v) is 8.61. The van der Waals surface area contributed by atoms with Crippen LogP contribution in [0.4, 0.5) is 0 Å². The summed E-state index contributed by atoms with van der Waals surface area (Å²) in [6.07, 6.45) is -15.3. The number of ether oxygens (including phenoxy) is 4. The van der Waals surface area contributed by atoms with E-state index in [0.29, 0.717) is 0 Å². The van der Waals surface area contributed by atoms with Crippen molar-refractivity contribution in [2.75, 3.05) is 26.9 Å². The second-order valence-corrected chi connectivity index (χ2v) is 6.56. The summed E-state index contributed by atoms with van der Waals surface area (Å²) in [6, 6.07) is 0. The van der Waals surface area contributed by atoms with Crippen LogP contribution in [0.25, 0.3) is 0 Å². The molecule has 0 aliphatic carbocycles. The topological polar surface area (TPSA) is 208 Å². The van der Waals surface area contributed by atoms with Crippen LogP contribution in [0.3, 0.4) is 0 Å². The van der Waals surface area contributed by atoms with E-state index in [1.807, 2.05) is 0 Å². The second kappa shape index (κ2) is 10.2. The molecule has 8 N–H and O–H groups in total. The van der Waals surface area contributed by atoms with Gasteiger partial charge in [-0.15, -0.1) is 0 Å². The molecule has 0 radical (unpaired) electrons. The zero-order valence-electron chi connectivity index (χ0n) is 15.1. The van der Waals surface area contributed by atoms with Gasteiger partial charge >= 0.3 is 0 Å². The van der Waals surface area contributed by atoms with Crippen LogP contribution in [0, 0.1) is 0 Å². The lowest BCUT2D eigenvalue weighted by molar-refractivity contribution is -0.343. The summed E-state index contributed by atoms with van der Waals surface area (Å²) in [4.78, 5) is 11.6. The molecule has 2 heterocycles. The van der Waals surface area contributed by atoms with Crippen molar-refractivity contribution in [2.45, 2.75) is 61.3 Å². The summed E-state index contributed by atoms with van der Waals surface area (Å²) >= 11 is 0. The summed E-state index contributed by atoms with van der Waals surface area (Å²) in [6.45, 7) is -1.70. The number of carbonyl (C=O) groups excluding carboxylic acids is 1. The molecule has 13 nitrogen and oxygen atoms in total. The molecule has 0 spiro atoms. The van der Waals surface area contributed by atoms with Gasteiger partial charge in [0, 0.05) is 7.11 Å². The highest BCUT2D eigenvalue weighted by Gasteiger charge is 2.50. The van der Waals surface area contributed by atoms with Crippen molar-refractivity contribution in [3.8, 4) is 0 Å². The largest absolute Gasteiger partial charge is 0.394 e. The van der Waals surface area contributed by atoms with Gasteiger partial charge in [-0.25, -0.2) is 0 Å². The Morgan fingerprint density at radius 2 is 1.54 bits per heavy atom. The fourth-order valence-corrected chi connectivity index (χ4v) is 3.04. The van der Waals surface area contributed by atoms with Crippen LogP contribution in [-0.2, 0) is 23.7 Å². The SMILES string of the molecule is COCC(=O)N[C@@H]1OC(CO)[C@H](O[C@@H]2OC(CO)[C@H](O)C(O)[C@H]2O)C(O)C1O. The first kappa shape index (κ1) is 23.3. The number of hydrogen-bond acceptors (Lipinski definition) is 12. The molecule has 28 heavy (non-hydrogen) atoms. The zero-order chi connectivity index (χ0) is 21.0. The van der Waals surface area contributed by atoms with Crippen LogP contribution in [0.5, 0.6) is 0 Å². The van der Waals surface area contributed by atoms with Crippen LogP contribution in [0.2, 0.25) is 0 Å². The van der Waals surface area contributed by atoms with Crippen molar-refractivity contribution in [1.82, 2.24) is 5.32 Å². The van der Waals surface area contributed by atoms with Gasteiger partial charge in [0.05, 0.1) is 13.2 Å². The zero-order valence-corrected chi connectivity index (χ0v) is 15.1. The fourth-order valence-electron chi connectivity index (χ4n) is 3.04. The highest BCUT2D eigenvalue weighted by Crippen LogP contribution is 2.28. The van der Waals surface area contributed by atoms with Gasteiger partial charge in [0.25, 0.3) is 0 Å². The standard InChI is InChI=1S/C15H27NO12/c1-25-4-7(19)16-14-11(23)10(22)13(6(3-18)26-14)28-15-12(24)9(21)8(20)5(2-17)27-15/h5-6,8-15,17-18,20-24H,2-4H2,1H3,(H,16,19)/t5?,6?,8-,9?,10?,11?,12+,13-,14+,15-/m0/s1. The number of hydrogen-bond donors (Lipinski definition) is 8. The quantitative estimate of drug-likeness (QED) is 0.196. The molecule has 2 rings (SSSR count). The molecule has 2 aliphatic heterocycles. The van der Waals surface area contributed by atoms with Gasteiger partial charge in [0.2, 0.25) is 5.91 Å². The average Bonchev–Trinajstić information content (AvgIpc) is 2.67. The van der Waals surface area contributed by atoms with E-state index in [1.165, 1.54) is 7.11 Å². The Labute approximate surface area is 160 Å². The number of amides is 1. The minimum absolute atomic E-state index is 0.322. The third-order valence-electron chi connectivity index (χ3n) is 4.58. The smallest absolute Gasteiger partial charge is 0.248 e. The summed E-state index contributed by atoms with van der Waals surface area (Å²) in [5, 5.41) is 71.2. The number of aliphatic hydroxyl groups excluding tert-OH is 7. The molecule has 5 unspecified atom stereocenters. The summed E-state index contributed by atoms with van der Waals surface area (Å²) in [5.74, 6) is -0.635. The van der Waals surface area contributed by atoms with Crippen molar-refractivity contribution < 1.29 is 59.5 Å². The molecule has 0 aromatic rings. The first-order chi connectivity index (χ1) is 13.2. The Balaban J connectivity index is 2.09. The number of carbonyl (C=O) groups is 1. The van der Waals surface area contributed by atoms with E-state index >= 15 is 0 Å². The Hall–Kier alpha value is -0.970. The van der Waals surface area contributed by atoms with Crippen molar-refractivity contribution >= 4 is 5.91 Å². The Bertz CT molecular complexity index is 505. The molecule has 164 valence electrons. The average molecular weight is 413 g/mol. The van der Waals surface area contributed by atoms with Crippen molar-refractivity contribution in [1.29, 1.82) is 0 Å². The van der Waals surface area contributed by atoms with Crippen LogP contribution in [0.1, 0.15) is 0 Å². The summed E-state index contributed by atoms with van der Waals surface area (Å²) in [5.41, 5.74) is 0. The number of nitrogens with one attached hydrogen (secondary N) is 1. The predicted octanol–water partition coefficient (Wildman–Crippen LogP) is -5.63. The minimum Gasteiger partial charge on any atom is -0.394 e. The molecular formula is C15H27NO12. The van der Waals surface area contributed by atoms with Gasteiger partial charge < -0.3 is 60.0 Å². The third-order valence-corrected chi connectivity index (χ3v) is 4.58. The van der Waals surface area contributed by atoms with Crippen molar-refractivity contribution in [3.05, 3.63) is 0 Å². The maximum Gasteiger partial charge on any atom is 0.248 e. The first-order valence-electron chi connectivity index (χ1n) is 8.61. The van der Waals surface area contributed by atoms with Gasteiger partial charge in [-0.1, -0.05) is 0 Å². The van der Waals surface area contributed by atoms with Crippen molar-refractivity contribution in [3.63, 3.8) is 0 Å². The molecule has 0 bridgehead atoms. The fraction of sp³-hybridized carbons (Fsp3) is 0.933. The van der Waals surface area contributed by atoms with Crippen LogP contribution in [0.15, 0.2) is 0 Å². The normalized spacial score (nSPS) is 44.3. The molecule has 1 amide bonds. The predicted molar refractivity (Wildman–Crippen MR) is 86.4 cm³/mol. The van der Waals surface area contributed by atoms with E-state index in [2.05, 4.69) is 10.1 Å². The molecule has 2 saturated heterocycles. The van der Waals surface area contributed by atoms with E-state index in [4.69, 9.17) is 14.2 Å². The van der Waals surface area contributed by atoms with Gasteiger partial charge in [-0.05, 0) is 0 Å². The van der Waals surface area contributed by atoms with Crippen LogP contribution >= 0.6 is 0 Å².